The van der Waals surface area contributed by atoms with Crippen LogP contribution in [0.25, 0.3) is 0 Å². The molecule has 1 amide bonds. The average Bonchev–Trinajstić information content (AvgIpc) is 2.66. The number of anilines is 1. The van der Waals surface area contributed by atoms with Crippen molar-refractivity contribution in [1.82, 2.24) is 14.7 Å². The van der Waals surface area contributed by atoms with Gasteiger partial charge < -0.3 is 15.0 Å². The Kier molecular flexibility index (Phi) is 4.44. The maximum Gasteiger partial charge on any atom is 0.410 e. The number of aromatic nitrogens is 2. The van der Waals surface area contributed by atoms with Crippen LogP contribution >= 0.6 is 0 Å². The third-order valence-corrected chi connectivity index (χ3v) is 3.45. The van der Waals surface area contributed by atoms with E-state index in [0.29, 0.717) is 6.54 Å². The zero-order valence-corrected chi connectivity index (χ0v) is 13.6. The lowest BCUT2D eigenvalue weighted by Gasteiger charge is -2.34. The molecular weight excluding hydrogens is 268 g/mol. The fourth-order valence-corrected chi connectivity index (χ4v) is 2.55. The predicted molar refractivity (Wildman–Crippen MR) is 82.4 cm³/mol. The number of aryl methyl sites for hydroxylation is 2. The molecule has 0 bridgehead atoms. The van der Waals surface area contributed by atoms with Gasteiger partial charge in [0.15, 0.2) is 0 Å². The molecule has 1 aliphatic heterocycles. The highest BCUT2D eigenvalue weighted by Crippen LogP contribution is 2.20. The Bertz CT molecular complexity index is 504. The van der Waals surface area contributed by atoms with Crippen LogP contribution in [0.3, 0.4) is 0 Å². The molecule has 0 aromatic carbocycles. The number of likely N-dealkylation sites (tertiary alicyclic amines) is 1. The molecule has 1 saturated heterocycles. The highest BCUT2D eigenvalue weighted by atomic mass is 16.6. The Morgan fingerprint density at radius 1 is 1.48 bits per heavy atom. The third-order valence-electron chi connectivity index (χ3n) is 3.45. The van der Waals surface area contributed by atoms with Gasteiger partial charge in [0.05, 0.1) is 11.4 Å². The van der Waals surface area contributed by atoms with Crippen molar-refractivity contribution in [3.8, 4) is 0 Å². The molecule has 0 spiro atoms. The summed E-state index contributed by atoms with van der Waals surface area (Å²) in [5.74, 6) is 0. The van der Waals surface area contributed by atoms with Crippen LogP contribution < -0.4 is 5.32 Å². The van der Waals surface area contributed by atoms with Gasteiger partial charge in [0.2, 0.25) is 0 Å². The SMILES string of the molecule is Cc1nn(C)cc1NC1CCCN(C(=O)OC(C)(C)C)C1. The Balaban J connectivity index is 1.94. The zero-order chi connectivity index (χ0) is 15.6. The topological polar surface area (TPSA) is 59.4 Å². The summed E-state index contributed by atoms with van der Waals surface area (Å²) < 4.78 is 7.24. The van der Waals surface area contributed by atoms with E-state index < -0.39 is 5.60 Å². The van der Waals surface area contributed by atoms with Crippen molar-refractivity contribution in [2.45, 2.75) is 52.2 Å². The molecule has 0 radical (unpaired) electrons. The van der Waals surface area contributed by atoms with E-state index in [9.17, 15) is 4.79 Å². The summed E-state index contributed by atoms with van der Waals surface area (Å²) in [6.45, 7) is 9.09. The number of hydrogen-bond acceptors (Lipinski definition) is 4. The maximum absolute atomic E-state index is 12.1. The van der Waals surface area contributed by atoms with E-state index in [-0.39, 0.29) is 12.1 Å². The molecule has 0 aliphatic carbocycles. The van der Waals surface area contributed by atoms with E-state index in [2.05, 4.69) is 10.4 Å². The van der Waals surface area contributed by atoms with E-state index >= 15 is 0 Å². The Morgan fingerprint density at radius 2 is 2.19 bits per heavy atom. The van der Waals surface area contributed by atoms with Crippen molar-refractivity contribution in [2.75, 3.05) is 18.4 Å². The molecule has 1 aromatic heterocycles. The minimum atomic E-state index is -0.447. The van der Waals surface area contributed by atoms with Gasteiger partial charge in [-0.15, -0.1) is 0 Å². The number of nitrogens with one attached hydrogen (secondary N) is 1. The van der Waals surface area contributed by atoms with Gasteiger partial charge in [-0.3, -0.25) is 4.68 Å². The van der Waals surface area contributed by atoms with E-state index in [4.69, 9.17) is 4.74 Å². The number of carbonyl (C=O) groups is 1. The molecule has 1 fully saturated rings. The molecule has 1 N–H and O–H groups in total. The van der Waals surface area contributed by atoms with Crippen molar-refractivity contribution in [2.24, 2.45) is 7.05 Å². The lowest BCUT2D eigenvalue weighted by molar-refractivity contribution is 0.0206. The van der Waals surface area contributed by atoms with Crippen molar-refractivity contribution in [3.05, 3.63) is 11.9 Å². The third kappa shape index (κ3) is 4.37. The number of amides is 1. The first kappa shape index (κ1) is 15.7. The van der Waals surface area contributed by atoms with Gasteiger partial charge in [-0.1, -0.05) is 0 Å². The van der Waals surface area contributed by atoms with Crippen LogP contribution in [0.1, 0.15) is 39.3 Å². The molecule has 1 unspecified atom stereocenters. The van der Waals surface area contributed by atoms with Gasteiger partial charge in [-0.25, -0.2) is 4.79 Å². The lowest BCUT2D eigenvalue weighted by Crippen LogP contribution is -2.47. The molecular formula is C15H26N4O2. The van der Waals surface area contributed by atoms with Crippen molar-refractivity contribution >= 4 is 11.8 Å². The van der Waals surface area contributed by atoms with E-state index in [0.717, 1.165) is 30.8 Å². The average molecular weight is 294 g/mol. The van der Waals surface area contributed by atoms with Crippen LogP contribution in [0.15, 0.2) is 6.20 Å². The van der Waals surface area contributed by atoms with Crippen LogP contribution in [0.5, 0.6) is 0 Å². The molecule has 1 aromatic rings. The summed E-state index contributed by atoms with van der Waals surface area (Å²) >= 11 is 0. The van der Waals surface area contributed by atoms with E-state index in [1.54, 1.807) is 9.58 Å². The summed E-state index contributed by atoms with van der Waals surface area (Å²) in [7, 11) is 1.91. The normalized spacial score (nSPS) is 19.5. The number of nitrogens with zero attached hydrogens (tertiary/aromatic N) is 3. The van der Waals surface area contributed by atoms with Crippen LogP contribution in [-0.2, 0) is 11.8 Å². The number of rotatable bonds is 2. The first-order valence-electron chi connectivity index (χ1n) is 7.49. The number of piperidine rings is 1. The Hall–Kier alpha value is -1.72. The van der Waals surface area contributed by atoms with Gasteiger partial charge in [0.25, 0.3) is 0 Å². The van der Waals surface area contributed by atoms with Gasteiger partial charge in [0, 0.05) is 32.4 Å². The first-order chi connectivity index (χ1) is 9.74. The monoisotopic (exact) mass is 294 g/mol. The molecule has 1 atom stereocenters. The number of carbonyl (C=O) groups excluding carboxylic acids is 1. The highest BCUT2D eigenvalue weighted by Gasteiger charge is 2.27. The second-order valence-corrected chi connectivity index (χ2v) is 6.71. The minimum Gasteiger partial charge on any atom is -0.444 e. The van der Waals surface area contributed by atoms with Gasteiger partial charge in [0.1, 0.15) is 5.60 Å². The second-order valence-electron chi connectivity index (χ2n) is 6.71. The molecule has 6 nitrogen and oxygen atoms in total. The summed E-state index contributed by atoms with van der Waals surface area (Å²) in [4.78, 5) is 13.9. The van der Waals surface area contributed by atoms with Gasteiger partial charge in [-0.2, -0.15) is 5.10 Å². The lowest BCUT2D eigenvalue weighted by atomic mass is 10.1. The summed E-state index contributed by atoms with van der Waals surface area (Å²) in [5.41, 5.74) is 1.57. The zero-order valence-electron chi connectivity index (χ0n) is 13.6. The summed E-state index contributed by atoms with van der Waals surface area (Å²) in [5, 5.41) is 7.81. The quantitative estimate of drug-likeness (QED) is 0.910. The van der Waals surface area contributed by atoms with Crippen LogP contribution in [-0.4, -0.2) is 45.5 Å². The fourth-order valence-electron chi connectivity index (χ4n) is 2.55. The number of hydrogen-bond donors (Lipinski definition) is 1. The van der Waals surface area contributed by atoms with Crippen LogP contribution in [0, 0.1) is 6.92 Å². The Labute approximate surface area is 126 Å². The van der Waals surface area contributed by atoms with Crippen molar-refractivity contribution in [1.29, 1.82) is 0 Å². The first-order valence-corrected chi connectivity index (χ1v) is 7.49. The second kappa shape index (κ2) is 5.95. The highest BCUT2D eigenvalue weighted by molar-refractivity contribution is 5.68. The molecule has 6 heteroatoms. The molecule has 118 valence electrons. The Morgan fingerprint density at radius 3 is 2.76 bits per heavy atom. The maximum atomic E-state index is 12.1. The van der Waals surface area contributed by atoms with Crippen molar-refractivity contribution < 1.29 is 9.53 Å². The summed E-state index contributed by atoms with van der Waals surface area (Å²) in [6.07, 6.45) is 3.78. The number of ether oxygens (including phenoxy) is 1. The minimum absolute atomic E-state index is 0.225. The van der Waals surface area contributed by atoms with Crippen LogP contribution in [0.4, 0.5) is 10.5 Å². The van der Waals surface area contributed by atoms with Gasteiger partial charge >= 0.3 is 6.09 Å². The smallest absolute Gasteiger partial charge is 0.410 e. The van der Waals surface area contributed by atoms with Crippen molar-refractivity contribution in [3.63, 3.8) is 0 Å². The molecule has 2 rings (SSSR count). The van der Waals surface area contributed by atoms with Gasteiger partial charge in [-0.05, 0) is 40.5 Å². The fraction of sp³-hybridized carbons (Fsp3) is 0.733. The van der Waals surface area contributed by atoms with E-state index in [1.807, 2.05) is 40.9 Å². The van der Waals surface area contributed by atoms with E-state index in [1.165, 1.54) is 0 Å². The largest absolute Gasteiger partial charge is 0.444 e. The molecule has 1 aliphatic rings. The summed E-state index contributed by atoms with van der Waals surface area (Å²) in [6, 6.07) is 0.245. The van der Waals surface area contributed by atoms with Crippen LogP contribution in [0.2, 0.25) is 0 Å². The molecule has 2 heterocycles. The molecule has 21 heavy (non-hydrogen) atoms. The standard InChI is InChI=1S/C15H26N4O2/c1-11-13(10-18(5)17-11)16-12-7-6-8-19(9-12)14(20)21-15(2,3)4/h10,12,16H,6-9H2,1-5H3. The molecule has 0 saturated carbocycles. The predicted octanol–water partition coefficient (Wildman–Crippen LogP) is 2.54.